The van der Waals surface area contributed by atoms with Gasteiger partial charge in [-0.05, 0) is 30.7 Å². The van der Waals surface area contributed by atoms with Crippen LogP contribution in [0.15, 0.2) is 53.7 Å². The van der Waals surface area contributed by atoms with Crippen LogP contribution in [0.2, 0.25) is 5.02 Å². The lowest BCUT2D eigenvalue weighted by molar-refractivity contribution is -0.147. The van der Waals surface area contributed by atoms with Gasteiger partial charge in [-0.1, -0.05) is 74.5 Å². The van der Waals surface area contributed by atoms with Crippen LogP contribution in [0, 0.1) is 5.41 Å². The maximum atomic E-state index is 13.0. The van der Waals surface area contributed by atoms with Gasteiger partial charge in [0.05, 0.1) is 11.3 Å². The van der Waals surface area contributed by atoms with E-state index in [0.717, 1.165) is 27.6 Å². The van der Waals surface area contributed by atoms with E-state index in [9.17, 15) is 9.59 Å². The number of thioether (sulfide) groups is 1. The van der Waals surface area contributed by atoms with Gasteiger partial charge in [0.25, 0.3) is 0 Å². The van der Waals surface area contributed by atoms with Crippen molar-refractivity contribution in [1.29, 1.82) is 0 Å². The van der Waals surface area contributed by atoms with Crippen molar-refractivity contribution in [1.82, 2.24) is 29.5 Å². The second kappa shape index (κ2) is 10.5. The van der Waals surface area contributed by atoms with Crippen LogP contribution >= 0.6 is 23.4 Å². The third-order valence-electron chi connectivity index (χ3n) is 6.79. The van der Waals surface area contributed by atoms with Crippen molar-refractivity contribution < 1.29 is 9.59 Å². The quantitative estimate of drug-likeness (QED) is 0.329. The van der Waals surface area contributed by atoms with Gasteiger partial charge in [-0.2, -0.15) is 0 Å². The van der Waals surface area contributed by atoms with Gasteiger partial charge in [0, 0.05) is 48.0 Å². The predicted octanol–water partition coefficient (Wildman–Crippen LogP) is 4.88. The standard InChI is InChI=1S/C28H31ClN6O2S/c1-18-15-33(12-13-34(18)26(37)28(2,3)4)23(36)17-38-27-30-25-24(31-32-27)21-10-5-6-11-22(21)35(25)16-19-8-7-9-20(29)14-19/h5-11,14,18H,12-13,15-17H2,1-4H3. The maximum absolute atomic E-state index is 13.0. The molecule has 1 saturated heterocycles. The summed E-state index contributed by atoms with van der Waals surface area (Å²) in [6, 6.07) is 15.8. The zero-order valence-electron chi connectivity index (χ0n) is 22.0. The highest BCUT2D eigenvalue weighted by molar-refractivity contribution is 7.99. The van der Waals surface area contributed by atoms with Crippen LogP contribution in [-0.4, -0.2) is 72.8 Å². The summed E-state index contributed by atoms with van der Waals surface area (Å²) in [6.07, 6.45) is 0. The lowest BCUT2D eigenvalue weighted by Gasteiger charge is -2.42. The number of hydrogen-bond acceptors (Lipinski definition) is 6. The number of amides is 2. The molecule has 2 aromatic carbocycles. The van der Waals surface area contributed by atoms with Gasteiger partial charge in [-0.25, -0.2) is 4.98 Å². The van der Waals surface area contributed by atoms with Crippen molar-refractivity contribution in [2.75, 3.05) is 25.4 Å². The molecule has 2 aromatic heterocycles. The van der Waals surface area contributed by atoms with E-state index >= 15 is 0 Å². The number of aromatic nitrogens is 4. The van der Waals surface area contributed by atoms with E-state index in [1.165, 1.54) is 11.8 Å². The summed E-state index contributed by atoms with van der Waals surface area (Å²) in [6.45, 7) is 9.95. The summed E-state index contributed by atoms with van der Waals surface area (Å²) < 4.78 is 2.12. The third kappa shape index (κ3) is 5.35. The van der Waals surface area contributed by atoms with Crippen LogP contribution in [0.25, 0.3) is 22.1 Å². The number of piperazine rings is 1. The fourth-order valence-corrected chi connectivity index (χ4v) is 5.76. The van der Waals surface area contributed by atoms with Crippen LogP contribution < -0.4 is 0 Å². The van der Waals surface area contributed by atoms with Crippen molar-refractivity contribution >= 4 is 57.2 Å². The van der Waals surface area contributed by atoms with Gasteiger partial charge in [0.15, 0.2) is 5.65 Å². The van der Waals surface area contributed by atoms with Gasteiger partial charge < -0.3 is 14.4 Å². The number of carbonyl (C=O) groups is 2. The lowest BCUT2D eigenvalue weighted by Crippen LogP contribution is -2.57. The van der Waals surface area contributed by atoms with Gasteiger partial charge in [0.1, 0.15) is 5.52 Å². The molecule has 0 saturated carbocycles. The molecule has 1 aliphatic heterocycles. The molecule has 8 nitrogen and oxygen atoms in total. The highest BCUT2D eigenvalue weighted by atomic mass is 35.5. The van der Waals surface area contributed by atoms with Crippen LogP contribution in [-0.2, 0) is 16.1 Å². The molecule has 0 spiro atoms. The monoisotopic (exact) mass is 550 g/mol. The molecule has 4 aromatic rings. The van der Waals surface area contributed by atoms with E-state index in [2.05, 4.69) is 14.8 Å². The molecule has 0 N–H and O–H groups in total. The highest BCUT2D eigenvalue weighted by Gasteiger charge is 2.34. The maximum Gasteiger partial charge on any atom is 0.233 e. The van der Waals surface area contributed by atoms with Crippen molar-refractivity contribution in [3.05, 3.63) is 59.1 Å². The molecule has 3 heterocycles. The van der Waals surface area contributed by atoms with E-state index < -0.39 is 5.41 Å². The molecule has 5 rings (SSSR count). The number of halogens is 1. The highest BCUT2D eigenvalue weighted by Crippen LogP contribution is 2.29. The molecule has 198 valence electrons. The second-order valence-electron chi connectivity index (χ2n) is 10.7. The number of hydrogen-bond donors (Lipinski definition) is 0. The van der Waals surface area contributed by atoms with Crippen molar-refractivity contribution in [3.63, 3.8) is 0 Å². The van der Waals surface area contributed by atoms with Crippen LogP contribution in [0.1, 0.15) is 33.3 Å². The minimum atomic E-state index is -0.436. The predicted molar refractivity (Wildman–Crippen MR) is 151 cm³/mol. The van der Waals surface area contributed by atoms with Crippen molar-refractivity contribution in [2.45, 2.75) is 45.4 Å². The molecule has 0 bridgehead atoms. The summed E-state index contributed by atoms with van der Waals surface area (Å²) in [5, 5.41) is 10.9. The topological polar surface area (TPSA) is 84.2 Å². The Kier molecular flexibility index (Phi) is 7.33. The van der Waals surface area contributed by atoms with E-state index in [4.69, 9.17) is 16.6 Å². The van der Waals surface area contributed by atoms with Crippen LogP contribution in [0.3, 0.4) is 0 Å². The molecular weight excluding hydrogens is 520 g/mol. The average molecular weight is 551 g/mol. The zero-order valence-corrected chi connectivity index (χ0v) is 23.6. The number of nitrogens with zero attached hydrogens (tertiary/aromatic N) is 6. The minimum absolute atomic E-state index is 0.00729. The molecular formula is C28H31ClN6O2S. The Morgan fingerprint density at radius 3 is 2.61 bits per heavy atom. The minimum Gasteiger partial charge on any atom is -0.338 e. The molecule has 10 heteroatoms. The Morgan fingerprint density at radius 1 is 1.08 bits per heavy atom. The number of para-hydroxylation sites is 1. The van der Waals surface area contributed by atoms with E-state index in [0.29, 0.717) is 36.4 Å². The van der Waals surface area contributed by atoms with Gasteiger partial charge in [-0.3, -0.25) is 9.59 Å². The first-order chi connectivity index (χ1) is 18.1. The normalized spacial score (nSPS) is 16.4. The molecule has 1 fully saturated rings. The Hall–Kier alpha value is -3.17. The summed E-state index contributed by atoms with van der Waals surface area (Å²) in [5.41, 5.74) is 3.08. The Balaban J connectivity index is 1.33. The fourth-order valence-electron chi connectivity index (χ4n) is 4.86. The molecule has 1 unspecified atom stereocenters. The first kappa shape index (κ1) is 26.4. The largest absolute Gasteiger partial charge is 0.338 e. The molecule has 1 aliphatic rings. The van der Waals surface area contributed by atoms with Gasteiger partial charge in [0.2, 0.25) is 17.0 Å². The Morgan fingerprint density at radius 2 is 1.87 bits per heavy atom. The van der Waals surface area contributed by atoms with E-state index in [-0.39, 0.29) is 23.6 Å². The summed E-state index contributed by atoms with van der Waals surface area (Å²) in [5.74, 6) is 0.335. The van der Waals surface area contributed by atoms with E-state index in [1.807, 2.05) is 86.0 Å². The molecule has 38 heavy (non-hydrogen) atoms. The molecule has 1 atom stereocenters. The zero-order chi connectivity index (χ0) is 27.0. The molecule has 0 aliphatic carbocycles. The molecule has 2 amide bonds. The van der Waals surface area contributed by atoms with Crippen LogP contribution in [0.4, 0.5) is 0 Å². The van der Waals surface area contributed by atoms with E-state index in [1.54, 1.807) is 0 Å². The third-order valence-corrected chi connectivity index (χ3v) is 7.85. The number of benzene rings is 2. The molecule has 0 radical (unpaired) electrons. The number of rotatable bonds is 5. The summed E-state index contributed by atoms with van der Waals surface area (Å²) in [7, 11) is 0. The SMILES string of the molecule is CC1CN(C(=O)CSc2nnc3c4ccccc4n(Cc4cccc(Cl)c4)c3n2)CCN1C(=O)C(C)(C)C. The number of carbonyl (C=O) groups excluding carboxylic acids is 2. The first-order valence-corrected chi connectivity index (χ1v) is 14.1. The first-order valence-electron chi connectivity index (χ1n) is 12.7. The van der Waals surface area contributed by atoms with Crippen molar-refractivity contribution in [3.8, 4) is 0 Å². The van der Waals surface area contributed by atoms with Crippen molar-refractivity contribution in [2.24, 2.45) is 5.41 Å². The fraction of sp³-hybridized carbons (Fsp3) is 0.393. The summed E-state index contributed by atoms with van der Waals surface area (Å²) in [4.78, 5) is 34.3. The number of fused-ring (bicyclic) bond motifs is 3. The van der Waals surface area contributed by atoms with Gasteiger partial charge >= 0.3 is 0 Å². The Bertz CT molecular complexity index is 1510. The smallest absolute Gasteiger partial charge is 0.233 e. The second-order valence-corrected chi connectivity index (χ2v) is 12.1. The lowest BCUT2D eigenvalue weighted by atomic mass is 9.93. The Labute approximate surface area is 231 Å². The van der Waals surface area contributed by atoms with Crippen LogP contribution in [0.5, 0.6) is 0 Å². The average Bonchev–Trinajstić information content (AvgIpc) is 3.19. The summed E-state index contributed by atoms with van der Waals surface area (Å²) >= 11 is 7.51. The van der Waals surface area contributed by atoms with Gasteiger partial charge in [-0.15, -0.1) is 10.2 Å².